The van der Waals surface area contributed by atoms with Crippen LogP contribution in [0, 0.1) is 11.8 Å². The van der Waals surface area contributed by atoms with E-state index >= 15 is 0 Å². The van der Waals surface area contributed by atoms with Crippen LogP contribution < -0.4 is 10.6 Å². The highest BCUT2D eigenvalue weighted by atomic mass is 16.4. The molecule has 5 nitrogen and oxygen atoms in total. The summed E-state index contributed by atoms with van der Waals surface area (Å²) < 4.78 is 0. The minimum absolute atomic E-state index is 0.140. The highest BCUT2D eigenvalue weighted by Crippen LogP contribution is 2.27. The maximum Gasteiger partial charge on any atom is 0.315 e. The first-order chi connectivity index (χ1) is 9.32. The quantitative estimate of drug-likeness (QED) is 0.701. The van der Waals surface area contributed by atoms with E-state index in [1.54, 1.807) is 0 Å². The number of rotatable bonds is 6. The predicted octanol–water partition coefficient (Wildman–Crippen LogP) is 2.76. The Morgan fingerprint density at radius 1 is 1.20 bits per heavy atom. The Morgan fingerprint density at radius 3 is 2.30 bits per heavy atom. The molecule has 0 radical (unpaired) electrons. The van der Waals surface area contributed by atoms with E-state index in [1.807, 2.05) is 13.8 Å². The van der Waals surface area contributed by atoms with Crippen molar-refractivity contribution >= 4 is 12.0 Å². The Balaban J connectivity index is 2.39. The van der Waals surface area contributed by atoms with Gasteiger partial charge in [-0.3, -0.25) is 4.79 Å². The van der Waals surface area contributed by atoms with Crippen molar-refractivity contribution in [3.63, 3.8) is 0 Å². The summed E-state index contributed by atoms with van der Waals surface area (Å²) in [7, 11) is 0. The number of carboxylic acid groups (broad SMARTS) is 1. The van der Waals surface area contributed by atoms with Crippen LogP contribution in [0.1, 0.15) is 59.3 Å². The molecule has 3 N–H and O–H groups in total. The number of carbonyl (C=O) groups is 2. The van der Waals surface area contributed by atoms with E-state index < -0.39 is 11.9 Å². The fourth-order valence-electron chi connectivity index (χ4n) is 2.83. The smallest absolute Gasteiger partial charge is 0.315 e. The van der Waals surface area contributed by atoms with Crippen molar-refractivity contribution in [2.24, 2.45) is 11.8 Å². The molecule has 1 aliphatic rings. The molecular weight excluding hydrogens is 256 g/mol. The Morgan fingerprint density at radius 2 is 1.80 bits per heavy atom. The summed E-state index contributed by atoms with van der Waals surface area (Å²) in [6, 6.07) is -0.246. The van der Waals surface area contributed by atoms with Gasteiger partial charge < -0.3 is 15.7 Å². The molecule has 0 aliphatic heterocycles. The van der Waals surface area contributed by atoms with Crippen LogP contribution in [0.15, 0.2) is 0 Å². The first-order valence-electron chi connectivity index (χ1n) is 7.61. The summed E-state index contributed by atoms with van der Waals surface area (Å²) in [5.74, 6) is -1.06. The maximum absolute atomic E-state index is 11.9. The highest BCUT2D eigenvalue weighted by molar-refractivity contribution is 5.76. The van der Waals surface area contributed by atoms with Crippen LogP contribution >= 0.6 is 0 Å². The molecule has 1 aliphatic carbocycles. The van der Waals surface area contributed by atoms with Gasteiger partial charge in [-0.1, -0.05) is 33.1 Å². The van der Waals surface area contributed by atoms with E-state index in [-0.39, 0.29) is 18.1 Å². The normalized spacial score (nSPS) is 19.4. The Bertz CT molecular complexity index is 336. The fourth-order valence-corrected chi connectivity index (χ4v) is 2.83. The number of aliphatic carboxylic acids is 1. The first-order valence-corrected chi connectivity index (χ1v) is 7.61. The summed E-state index contributed by atoms with van der Waals surface area (Å²) in [5.41, 5.74) is -0.140. The van der Waals surface area contributed by atoms with Gasteiger partial charge >= 0.3 is 12.0 Å². The molecule has 0 aromatic heterocycles. The highest BCUT2D eigenvalue weighted by Gasteiger charge is 2.28. The third-order valence-corrected chi connectivity index (χ3v) is 3.99. The summed E-state index contributed by atoms with van der Waals surface area (Å²) >= 11 is 0. The summed E-state index contributed by atoms with van der Waals surface area (Å²) in [4.78, 5) is 23.0. The minimum atomic E-state index is -0.845. The Kier molecular flexibility index (Phi) is 6.30. The number of amides is 2. The van der Waals surface area contributed by atoms with Crippen molar-refractivity contribution in [3.8, 4) is 0 Å². The number of urea groups is 1. The van der Waals surface area contributed by atoms with Crippen LogP contribution in [0.5, 0.6) is 0 Å². The number of nitrogens with one attached hydrogen (secondary N) is 2. The largest absolute Gasteiger partial charge is 0.481 e. The van der Waals surface area contributed by atoms with Crippen LogP contribution in [0.4, 0.5) is 4.79 Å². The lowest BCUT2D eigenvalue weighted by molar-refractivity contribution is -0.142. The fraction of sp³-hybridized carbons (Fsp3) is 0.867. The van der Waals surface area contributed by atoms with Gasteiger partial charge in [0.05, 0.1) is 5.92 Å². The molecule has 1 atom stereocenters. The van der Waals surface area contributed by atoms with E-state index in [4.69, 9.17) is 5.11 Å². The van der Waals surface area contributed by atoms with Gasteiger partial charge in [0.1, 0.15) is 0 Å². The van der Waals surface area contributed by atoms with Gasteiger partial charge in [0.25, 0.3) is 0 Å². The third kappa shape index (κ3) is 5.80. The molecule has 5 heteroatoms. The molecule has 0 heterocycles. The SMILES string of the molecule is CC(C)CC(CNC(=O)NC1(C)CCCCC1)C(=O)O. The summed E-state index contributed by atoms with van der Waals surface area (Å²) in [6.45, 7) is 6.22. The van der Waals surface area contributed by atoms with E-state index in [0.29, 0.717) is 12.3 Å². The summed E-state index contributed by atoms with van der Waals surface area (Å²) in [6.07, 6.45) is 6.08. The van der Waals surface area contributed by atoms with Crippen molar-refractivity contribution in [1.29, 1.82) is 0 Å². The van der Waals surface area contributed by atoms with Crippen molar-refractivity contribution in [2.45, 2.75) is 64.8 Å². The summed E-state index contributed by atoms with van der Waals surface area (Å²) in [5, 5.41) is 14.8. The predicted molar refractivity (Wildman–Crippen MR) is 78.6 cm³/mol. The molecule has 2 amide bonds. The van der Waals surface area contributed by atoms with Crippen molar-refractivity contribution in [2.75, 3.05) is 6.54 Å². The van der Waals surface area contributed by atoms with Crippen molar-refractivity contribution in [3.05, 3.63) is 0 Å². The Labute approximate surface area is 121 Å². The van der Waals surface area contributed by atoms with Crippen LogP contribution in [0.25, 0.3) is 0 Å². The van der Waals surface area contributed by atoms with E-state index in [2.05, 4.69) is 17.6 Å². The first kappa shape index (κ1) is 16.8. The second kappa shape index (κ2) is 7.50. The number of hydrogen-bond acceptors (Lipinski definition) is 2. The molecule has 20 heavy (non-hydrogen) atoms. The molecule has 0 saturated heterocycles. The lowest BCUT2D eigenvalue weighted by atomic mass is 9.83. The molecule has 1 rings (SSSR count). The average molecular weight is 284 g/mol. The minimum Gasteiger partial charge on any atom is -0.481 e. The van der Waals surface area contributed by atoms with Gasteiger partial charge in [-0.15, -0.1) is 0 Å². The second-order valence-corrected chi connectivity index (χ2v) is 6.62. The average Bonchev–Trinajstić information content (AvgIpc) is 2.34. The van der Waals surface area contributed by atoms with Gasteiger partial charge in [-0.05, 0) is 32.1 Å². The molecule has 116 valence electrons. The van der Waals surface area contributed by atoms with Crippen LogP contribution in [-0.2, 0) is 4.79 Å². The lowest BCUT2D eigenvalue weighted by Gasteiger charge is -2.34. The van der Waals surface area contributed by atoms with Gasteiger partial charge in [-0.2, -0.15) is 0 Å². The van der Waals surface area contributed by atoms with Crippen LogP contribution in [-0.4, -0.2) is 29.2 Å². The zero-order chi connectivity index (χ0) is 15.2. The van der Waals surface area contributed by atoms with E-state index in [0.717, 1.165) is 25.7 Å². The maximum atomic E-state index is 11.9. The van der Waals surface area contributed by atoms with Crippen molar-refractivity contribution < 1.29 is 14.7 Å². The molecule has 0 aromatic carbocycles. The van der Waals surface area contributed by atoms with Gasteiger partial charge in [0.15, 0.2) is 0 Å². The zero-order valence-corrected chi connectivity index (χ0v) is 12.9. The molecule has 1 unspecified atom stereocenters. The number of carbonyl (C=O) groups excluding carboxylic acids is 1. The van der Waals surface area contributed by atoms with Gasteiger partial charge in [-0.25, -0.2) is 4.79 Å². The van der Waals surface area contributed by atoms with E-state index in [1.165, 1.54) is 6.42 Å². The lowest BCUT2D eigenvalue weighted by Crippen LogP contribution is -2.52. The number of hydrogen-bond donors (Lipinski definition) is 3. The van der Waals surface area contributed by atoms with E-state index in [9.17, 15) is 9.59 Å². The zero-order valence-electron chi connectivity index (χ0n) is 12.9. The van der Waals surface area contributed by atoms with Crippen LogP contribution in [0.3, 0.4) is 0 Å². The van der Waals surface area contributed by atoms with Crippen molar-refractivity contribution in [1.82, 2.24) is 10.6 Å². The standard InChI is InChI=1S/C15H28N2O3/c1-11(2)9-12(13(18)19)10-16-14(20)17-15(3)7-5-4-6-8-15/h11-12H,4-10H2,1-3H3,(H,18,19)(H2,16,17,20). The number of carboxylic acids is 1. The third-order valence-electron chi connectivity index (χ3n) is 3.99. The van der Waals surface area contributed by atoms with Gasteiger partial charge in [0, 0.05) is 12.1 Å². The topological polar surface area (TPSA) is 78.4 Å². The molecular formula is C15H28N2O3. The van der Waals surface area contributed by atoms with Gasteiger partial charge in [0.2, 0.25) is 0 Å². The van der Waals surface area contributed by atoms with Crippen LogP contribution in [0.2, 0.25) is 0 Å². The molecule has 0 aromatic rings. The second-order valence-electron chi connectivity index (χ2n) is 6.62. The molecule has 1 saturated carbocycles. The molecule has 0 spiro atoms. The monoisotopic (exact) mass is 284 g/mol. The molecule has 0 bridgehead atoms. The Hall–Kier alpha value is -1.26. The molecule has 1 fully saturated rings.